The Morgan fingerprint density at radius 2 is 1.87 bits per heavy atom. The van der Waals surface area contributed by atoms with Crippen LogP contribution in [-0.4, -0.2) is 35.3 Å². The third kappa shape index (κ3) is 3.88. The zero-order chi connectivity index (χ0) is 17.0. The summed E-state index contributed by atoms with van der Waals surface area (Å²) in [4.78, 5) is 26.0. The quantitative estimate of drug-likeness (QED) is 0.737. The van der Waals surface area contributed by atoms with E-state index in [1.807, 2.05) is 39.8 Å². The Morgan fingerprint density at radius 1 is 1.17 bits per heavy atom. The zero-order valence-electron chi connectivity index (χ0n) is 13.8. The van der Waals surface area contributed by atoms with Crippen LogP contribution < -0.4 is 9.47 Å². The molecule has 1 aliphatic heterocycles. The second-order valence-corrected chi connectivity index (χ2v) is 6.20. The molecule has 0 unspecified atom stereocenters. The van der Waals surface area contributed by atoms with Gasteiger partial charge in [0, 0.05) is 17.7 Å². The van der Waals surface area contributed by atoms with E-state index in [9.17, 15) is 9.59 Å². The third-order valence-electron chi connectivity index (χ3n) is 3.22. The summed E-state index contributed by atoms with van der Waals surface area (Å²) in [6.07, 6.45) is 1.70. The smallest absolute Gasteiger partial charge is 0.293 e. The summed E-state index contributed by atoms with van der Waals surface area (Å²) >= 11 is 0.958. The van der Waals surface area contributed by atoms with Crippen molar-refractivity contribution in [3.8, 4) is 11.5 Å². The van der Waals surface area contributed by atoms with Crippen LogP contribution in [0.4, 0.5) is 4.79 Å². The molecule has 0 atom stereocenters. The van der Waals surface area contributed by atoms with Crippen LogP contribution in [0.2, 0.25) is 0 Å². The van der Waals surface area contributed by atoms with E-state index in [0.29, 0.717) is 29.6 Å². The summed E-state index contributed by atoms with van der Waals surface area (Å²) < 4.78 is 11.1. The van der Waals surface area contributed by atoms with Gasteiger partial charge in [-0.1, -0.05) is 0 Å². The summed E-state index contributed by atoms with van der Waals surface area (Å²) in [7, 11) is 0. The second-order valence-electron chi connectivity index (χ2n) is 5.21. The number of amides is 2. The van der Waals surface area contributed by atoms with Crippen molar-refractivity contribution in [2.24, 2.45) is 0 Å². The van der Waals surface area contributed by atoms with E-state index in [0.717, 1.165) is 17.3 Å². The number of thioether (sulfide) groups is 1. The molecule has 0 aromatic heterocycles. The largest absolute Gasteiger partial charge is 0.494 e. The zero-order valence-corrected chi connectivity index (χ0v) is 14.6. The van der Waals surface area contributed by atoms with Crippen molar-refractivity contribution in [1.82, 2.24) is 4.90 Å². The molecule has 2 amide bonds. The summed E-state index contributed by atoms with van der Waals surface area (Å²) in [6, 6.07) is 5.30. The van der Waals surface area contributed by atoms with Crippen LogP contribution in [-0.2, 0) is 4.79 Å². The van der Waals surface area contributed by atoms with E-state index in [1.54, 1.807) is 12.1 Å². The van der Waals surface area contributed by atoms with E-state index in [4.69, 9.17) is 9.47 Å². The van der Waals surface area contributed by atoms with E-state index in [2.05, 4.69) is 0 Å². The van der Waals surface area contributed by atoms with Gasteiger partial charge in [0.05, 0.1) is 18.1 Å². The molecular weight excluding hydrogens is 314 g/mol. The maximum absolute atomic E-state index is 12.4. The van der Waals surface area contributed by atoms with Crippen LogP contribution in [0, 0.1) is 0 Å². The summed E-state index contributed by atoms with van der Waals surface area (Å²) in [5.74, 6) is 1.09. The van der Waals surface area contributed by atoms with Crippen molar-refractivity contribution in [3.63, 3.8) is 0 Å². The maximum atomic E-state index is 12.4. The van der Waals surface area contributed by atoms with Crippen LogP contribution in [0.1, 0.15) is 33.3 Å². The van der Waals surface area contributed by atoms with E-state index >= 15 is 0 Å². The summed E-state index contributed by atoms with van der Waals surface area (Å²) in [5, 5.41) is -0.236. The van der Waals surface area contributed by atoms with Crippen LogP contribution in [0.25, 0.3) is 6.08 Å². The lowest BCUT2D eigenvalue weighted by atomic mass is 10.1. The minimum Gasteiger partial charge on any atom is -0.494 e. The highest BCUT2D eigenvalue weighted by molar-refractivity contribution is 8.18. The number of ether oxygens (including phenoxy) is 2. The number of carbonyl (C=O) groups is 2. The van der Waals surface area contributed by atoms with Gasteiger partial charge in [-0.3, -0.25) is 14.5 Å². The number of benzene rings is 1. The Bertz CT molecular complexity index is 639. The summed E-state index contributed by atoms with van der Waals surface area (Å²) in [5.41, 5.74) is 0.754. The molecule has 5 nitrogen and oxygen atoms in total. The molecule has 0 N–H and O–H groups in total. The van der Waals surface area contributed by atoms with Crippen LogP contribution >= 0.6 is 11.8 Å². The number of hydrogen-bond acceptors (Lipinski definition) is 5. The third-order valence-corrected chi connectivity index (χ3v) is 4.11. The van der Waals surface area contributed by atoms with Gasteiger partial charge in [0.1, 0.15) is 11.5 Å². The summed E-state index contributed by atoms with van der Waals surface area (Å²) in [6.45, 7) is 8.52. The second kappa shape index (κ2) is 7.55. The molecule has 1 aromatic carbocycles. The van der Waals surface area contributed by atoms with E-state index < -0.39 is 0 Å². The number of carbonyl (C=O) groups excluding carboxylic acids is 2. The predicted molar refractivity (Wildman–Crippen MR) is 91.7 cm³/mol. The molecule has 2 rings (SSSR count). The van der Waals surface area contributed by atoms with Crippen molar-refractivity contribution in [1.29, 1.82) is 0 Å². The molecule has 0 saturated carbocycles. The van der Waals surface area contributed by atoms with Crippen molar-refractivity contribution in [2.45, 2.75) is 33.7 Å². The molecule has 124 valence electrons. The first-order chi connectivity index (χ1) is 11.0. The van der Waals surface area contributed by atoms with Crippen molar-refractivity contribution >= 4 is 29.0 Å². The standard InChI is InChI=1S/C17H21NO4S/c1-5-21-13-8-7-12(14(10-13)22-6-2)9-15-16(19)18(11(3)4)17(20)23-15/h7-11H,5-6H2,1-4H3/b15-9+. The highest BCUT2D eigenvalue weighted by Gasteiger charge is 2.36. The Balaban J connectivity index is 2.35. The molecule has 0 spiro atoms. The molecule has 1 aromatic rings. The van der Waals surface area contributed by atoms with Gasteiger partial charge in [-0.2, -0.15) is 0 Å². The van der Waals surface area contributed by atoms with Gasteiger partial charge in [0.2, 0.25) is 0 Å². The Hall–Kier alpha value is -1.95. The van der Waals surface area contributed by atoms with E-state index in [1.165, 1.54) is 4.90 Å². The first kappa shape index (κ1) is 17.4. The van der Waals surface area contributed by atoms with Crippen molar-refractivity contribution in [2.75, 3.05) is 13.2 Å². The molecule has 0 bridgehead atoms. The van der Waals surface area contributed by atoms with Gasteiger partial charge in [-0.15, -0.1) is 0 Å². The Kier molecular flexibility index (Phi) is 5.71. The lowest BCUT2D eigenvalue weighted by Gasteiger charge is -2.16. The lowest BCUT2D eigenvalue weighted by Crippen LogP contribution is -2.34. The molecule has 1 saturated heterocycles. The highest BCUT2D eigenvalue weighted by Crippen LogP contribution is 2.36. The number of nitrogens with zero attached hydrogens (tertiary/aromatic N) is 1. The minimum absolute atomic E-state index is 0.153. The Morgan fingerprint density at radius 3 is 2.43 bits per heavy atom. The SMILES string of the molecule is CCOc1ccc(/C=C2/SC(=O)N(C(C)C)C2=O)c(OCC)c1. The first-order valence-corrected chi connectivity index (χ1v) is 8.46. The van der Waals surface area contributed by atoms with Crippen LogP contribution in [0.3, 0.4) is 0 Å². The van der Waals surface area contributed by atoms with Crippen molar-refractivity contribution in [3.05, 3.63) is 28.7 Å². The highest BCUT2D eigenvalue weighted by atomic mass is 32.2. The first-order valence-electron chi connectivity index (χ1n) is 7.64. The lowest BCUT2D eigenvalue weighted by molar-refractivity contribution is -0.123. The van der Waals surface area contributed by atoms with Gasteiger partial charge >= 0.3 is 0 Å². The predicted octanol–water partition coefficient (Wildman–Crippen LogP) is 3.93. The fraction of sp³-hybridized carbons (Fsp3) is 0.412. The molecule has 6 heteroatoms. The van der Waals surface area contributed by atoms with E-state index in [-0.39, 0.29) is 17.2 Å². The number of rotatable bonds is 6. The number of imide groups is 1. The van der Waals surface area contributed by atoms with Gasteiger partial charge in [0.25, 0.3) is 11.1 Å². The Labute approximate surface area is 140 Å². The molecule has 0 radical (unpaired) electrons. The minimum atomic E-state index is -0.258. The van der Waals surface area contributed by atoms with Gasteiger partial charge in [0.15, 0.2) is 0 Å². The van der Waals surface area contributed by atoms with Gasteiger partial charge in [-0.25, -0.2) is 0 Å². The maximum Gasteiger partial charge on any atom is 0.293 e. The van der Waals surface area contributed by atoms with Crippen LogP contribution in [0.15, 0.2) is 23.1 Å². The topological polar surface area (TPSA) is 55.8 Å². The molecule has 1 heterocycles. The molecule has 1 aliphatic rings. The average Bonchev–Trinajstić information content (AvgIpc) is 2.76. The molecule has 23 heavy (non-hydrogen) atoms. The number of hydrogen-bond donors (Lipinski definition) is 0. The average molecular weight is 335 g/mol. The normalized spacial score (nSPS) is 16.6. The molecule has 0 aliphatic carbocycles. The van der Waals surface area contributed by atoms with Crippen LogP contribution in [0.5, 0.6) is 11.5 Å². The van der Waals surface area contributed by atoms with Gasteiger partial charge < -0.3 is 9.47 Å². The fourth-order valence-electron chi connectivity index (χ4n) is 2.24. The molecular formula is C17H21NO4S. The fourth-order valence-corrected chi connectivity index (χ4v) is 3.19. The molecule has 1 fully saturated rings. The monoisotopic (exact) mass is 335 g/mol. The van der Waals surface area contributed by atoms with Gasteiger partial charge in [-0.05, 0) is 57.7 Å². The van der Waals surface area contributed by atoms with Crippen molar-refractivity contribution < 1.29 is 19.1 Å².